The summed E-state index contributed by atoms with van der Waals surface area (Å²) < 4.78 is 25.8. The molecule has 0 aromatic carbocycles. The number of nitrogens with one attached hydrogen (secondary N) is 1. The van der Waals surface area contributed by atoms with Crippen molar-refractivity contribution in [2.75, 3.05) is 6.61 Å². The Morgan fingerprint density at radius 2 is 1.68 bits per heavy atom. The van der Waals surface area contributed by atoms with E-state index in [9.17, 15) is 24.0 Å². The molecule has 3 rings (SSSR count). The summed E-state index contributed by atoms with van der Waals surface area (Å²) in [5, 5.41) is 0. The summed E-state index contributed by atoms with van der Waals surface area (Å²) >= 11 is 0. The van der Waals surface area contributed by atoms with Gasteiger partial charge in [-0.2, -0.15) is 0 Å². The molecule has 1 fully saturated rings. The first-order valence-corrected chi connectivity index (χ1v) is 9.34. The highest BCUT2D eigenvalue weighted by atomic mass is 16.7. The van der Waals surface area contributed by atoms with Crippen molar-refractivity contribution in [1.29, 1.82) is 0 Å². The Hall–Kier alpha value is -3.48. The van der Waals surface area contributed by atoms with E-state index >= 15 is 0 Å². The van der Waals surface area contributed by atoms with E-state index in [0.717, 1.165) is 0 Å². The maximum Gasteiger partial charge on any atom is 0.386 e. The van der Waals surface area contributed by atoms with Crippen molar-refractivity contribution in [3.8, 4) is 0 Å². The van der Waals surface area contributed by atoms with Crippen LogP contribution in [-0.2, 0) is 47.4 Å². The van der Waals surface area contributed by atoms with Crippen LogP contribution in [0.25, 0.3) is 11.2 Å². The molecule has 2 aromatic rings. The van der Waals surface area contributed by atoms with E-state index in [2.05, 4.69) is 4.98 Å². The summed E-state index contributed by atoms with van der Waals surface area (Å²) in [6.07, 6.45) is -2.83. The van der Waals surface area contributed by atoms with Crippen LogP contribution < -0.4 is 15.8 Å². The number of nitrogens with zero attached hydrogens (tertiary/aromatic N) is 3. The van der Waals surface area contributed by atoms with Gasteiger partial charge in [-0.3, -0.25) is 28.7 Å². The average molecular weight is 439 g/mol. The SMILES string of the molecule is CC(=O)OC[C@H]1O[C@@H]([n+]2cn(C)c3c(=O)[nH]c(=O)n(C)c32)[C@H](OC(C)=O)[C@@H]1OC(C)=O. The number of carbonyl (C=O) groups is 3. The quantitative estimate of drug-likeness (QED) is 0.322. The lowest BCUT2D eigenvalue weighted by Gasteiger charge is -2.22. The van der Waals surface area contributed by atoms with Gasteiger partial charge in [0.05, 0.1) is 14.1 Å². The number of aromatic amines is 1. The number of hydrogen-bond acceptors (Lipinski definition) is 9. The van der Waals surface area contributed by atoms with Crippen molar-refractivity contribution < 1.29 is 37.9 Å². The van der Waals surface area contributed by atoms with E-state index in [1.807, 2.05) is 0 Å². The molecule has 0 saturated carbocycles. The van der Waals surface area contributed by atoms with E-state index in [1.165, 1.54) is 47.8 Å². The number of aryl methyl sites for hydroxylation is 2. The molecule has 168 valence electrons. The summed E-state index contributed by atoms with van der Waals surface area (Å²) in [5.41, 5.74) is -0.922. The summed E-state index contributed by atoms with van der Waals surface area (Å²) in [4.78, 5) is 61.5. The molecule has 13 heteroatoms. The number of rotatable bonds is 5. The van der Waals surface area contributed by atoms with Crippen LogP contribution in [0.15, 0.2) is 15.9 Å². The zero-order valence-electron chi connectivity index (χ0n) is 17.6. The van der Waals surface area contributed by atoms with Gasteiger partial charge in [0.2, 0.25) is 11.7 Å². The van der Waals surface area contributed by atoms with Crippen LogP contribution in [0.4, 0.5) is 0 Å². The highest BCUT2D eigenvalue weighted by Gasteiger charge is 2.53. The highest BCUT2D eigenvalue weighted by Crippen LogP contribution is 2.32. The minimum absolute atomic E-state index is 0.166. The molecular weight excluding hydrogens is 416 g/mol. The van der Waals surface area contributed by atoms with Crippen LogP contribution in [0.5, 0.6) is 0 Å². The number of imidazole rings is 1. The Bertz CT molecular complexity index is 1160. The van der Waals surface area contributed by atoms with Crippen LogP contribution in [0.1, 0.15) is 27.0 Å². The predicted octanol–water partition coefficient (Wildman–Crippen LogP) is -1.82. The number of carbonyl (C=O) groups excluding carboxylic acids is 3. The largest absolute Gasteiger partial charge is 0.463 e. The lowest BCUT2D eigenvalue weighted by Crippen LogP contribution is -2.50. The van der Waals surface area contributed by atoms with Gasteiger partial charge in [0.15, 0.2) is 18.5 Å². The lowest BCUT2D eigenvalue weighted by atomic mass is 10.1. The number of ether oxygens (including phenoxy) is 4. The van der Waals surface area contributed by atoms with Gasteiger partial charge in [0.25, 0.3) is 11.2 Å². The van der Waals surface area contributed by atoms with E-state index in [0.29, 0.717) is 0 Å². The number of H-pyrrole nitrogens is 1. The number of hydrogen-bond donors (Lipinski definition) is 1. The Morgan fingerprint density at radius 1 is 1.06 bits per heavy atom. The molecule has 4 atom stereocenters. The smallest absolute Gasteiger partial charge is 0.386 e. The second kappa shape index (κ2) is 8.34. The molecule has 1 aliphatic heterocycles. The normalized spacial score (nSPS) is 23.0. The van der Waals surface area contributed by atoms with Crippen LogP contribution in [-0.4, -0.2) is 56.9 Å². The predicted molar refractivity (Wildman–Crippen MR) is 101 cm³/mol. The first-order chi connectivity index (χ1) is 14.5. The molecule has 0 bridgehead atoms. The Balaban J connectivity index is 2.17. The topological polar surface area (TPSA) is 152 Å². The fraction of sp³-hybridized carbons (Fsp3) is 0.556. The molecule has 13 nitrogen and oxygen atoms in total. The zero-order valence-corrected chi connectivity index (χ0v) is 17.6. The molecule has 0 unspecified atom stereocenters. The van der Waals surface area contributed by atoms with Gasteiger partial charge in [0, 0.05) is 20.8 Å². The number of fused-ring (bicyclic) bond motifs is 1. The minimum atomic E-state index is -1.15. The third-order valence-electron chi connectivity index (χ3n) is 4.78. The monoisotopic (exact) mass is 439 g/mol. The van der Waals surface area contributed by atoms with Gasteiger partial charge in [0.1, 0.15) is 12.7 Å². The van der Waals surface area contributed by atoms with Crippen molar-refractivity contribution in [3.05, 3.63) is 27.2 Å². The van der Waals surface area contributed by atoms with E-state index in [-0.39, 0.29) is 17.8 Å². The van der Waals surface area contributed by atoms with Crippen molar-refractivity contribution >= 4 is 29.1 Å². The third-order valence-corrected chi connectivity index (χ3v) is 4.78. The fourth-order valence-electron chi connectivity index (χ4n) is 3.61. The zero-order chi connectivity index (χ0) is 23.0. The van der Waals surface area contributed by atoms with Crippen LogP contribution in [0.2, 0.25) is 0 Å². The Morgan fingerprint density at radius 3 is 2.26 bits per heavy atom. The second-order valence-corrected chi connectivity index (χ2v) is 7.14. The van der Waals surface area contributed by atoms with Gasteiger partial charge < -0.3 is 18.9 Å². The van der Waals surface area contributed by atoms with Crippen molar-refractivity contribution in [3.63, 3.8) is 0 Å². The summed E-state index contributed by atoms with van der Waals surface area (Å²) in [7, 11) is 3.04. The van der Waals surface area contributed by atoms with Crippen molar-refractivity contribution in [1.82, 2.24) is 14.1 Å². The van der Waals surface area contributed by atoms with Crippen molar-refractivity contribution in [2.45, 2.75) is 45.3 Å². The molecule has 3 heterocycles. The summed E-state index contributed by atoms with van der Waals surface area (Å²) in [5.74, 6) is -1.91. The third kappa shape index (κ3) is 4.21. The summed E-state index contributed by atoms with van der Waals surface area (Å²) in [6.45, 7) is 3.29. The first-order valence-electron chi connectivity index (χ1n) is 9.34. The van der Waals surface area contributed by atoms with Crippen molar-refractivity contribution in [2.24, 2.45) is 14.1 Å². The molecule has 1 aliphatic rings. The minimum Gasteiger partial charge on any atom is -0.463 e. The lowest BCUT2D eigenvalue weighted by molar-refractivity contribution is -0.746. The molecule has 1 saturated heterocycles. The Labute approximate surface area is 175 Å². The van der Waals surface area contributed by atoms with Crippen LogP contribution in [0.3, 0.4) is 0 Å². The first kappa shape index (κ1) is 22.2. The molecule has 0 radical (unpaired) electrons. The molecule has 0 amide bonds. The van der Waals surface area contributed by atoms with Gasteiger partial charge in [-0.25, -0.2) is 13.9 Å². The van der Waals surface area contributed by atoms with Gasteiger partial charge >= 0.3 is 23.6 Å². The molecule has 0 spiro atoms. The second-order valence-electron chi connectivity index (χ2n) is 7.14. The molecule has 1 N–H and O–H groups in total. The van der Waals surface area contributed by atoms with E-state index in [1.54, 1.807) is 7.05 Å². The molecule has 2 aromatic heterocycles. The molecule has 31 heavy (non-hydrogen) atoms. The van der Waals surface area contributed by atoms with Gasteiger partial charge in [-0.05, 0) is 0 Å². The highest BCUT2D eigenvalue weighted by molar-refractivity contribution is 5.68. The van der Waals surface area contributed by atoms with E-state index in [4.69, 9.17) is 18.9 Å². The Kier molecular flexibility index (Phi) is 5.97. The maximum absolute atomic E-state index is 12.4. The maximum atomic E-state index is 12.4. The average Bonchev–Trinajstić information content (AvgIpc) is 3.16. The van der Waals surface area contributed by atoms with Crippen LogP contribution in [0, 0.1) is 0 Å². The standard InChI is InChI=1S/C18H22N4O9/c1-8(23)28-6-11-13(29-9(2)24)14(30-10(3)25)17(31-11)22-7-20(4)12-15(26)19-18(27)21(5)16(12)22/h7,11,13-14,17H,6H2,1-5H3/p+1/t11-,13-,14-,17-/m1/s1. The van der Waals surface area contributed by atoms with Crippen LogP contribution >= 0.6 is 0 Å². The van der Waals surface area contributed by atoms with Gasteiger partial charge in [-0.15, -0.1) is 0 Å². The van der Waals surface area contributed by atoms with E-state index < -0.39 is 53.7 Å². The fourth-order valence-corrected chi connectivity index (χ4v) is 3.61. The molecular formula is C18H23N4O9+. The number of aromatic nitrogens is 4. The number of esters is 3. The summed E-state index contributed by atoms with van der Waals surface area (Å²) in [6, 6.07) is 0. The van der Waals surface area contributed by atoms with Gasteiger partial charge in [-0.1, -0.05) is 0 Å². The molecule has 0 aliphatic carbocycles.